The van der Waals surface area contributed by atoms with E-state index < -0.39 is 6.04 Å². The Labute approximate surface area is 154 Å². The van der Waals surface area contributed by atoms with Gasteiger partial charge in [-0.2, -0.15) is 0 Å². The number of ether oxygens (including phenoxy) is 1. The van der Waals surface area contributed by atoms with Crippen LogP contribution < -0.4 is 16.4 Å². The first-order valence-corrected chi connectivity index (χ1v) is 9.41. The summed E-state index contributed by atoms with van der Waals surface area (Å²) in [7, 11) is 0. The van der Waals surface area contributed by atoms with Gasteiger partial charge in [-0.15, -0.1) is 0 Å². The third-order valence-corrected chi connectivity index (χ3v) is 5.17. The highest BCUT2D eigenvalue weighted by Gasteiger charge is 2.33. The van der Waals surface area contributed by atoms with Gasteiger partial charge in [0, 0.05) is 11.4 Å². The van der Waals surface area contributed by atoms with Crippen molar-refractivity contribution in [2.75, 3.05) is 12.3 Å². The van der Waals surface area contributed by atoms with Crippen molar-refractivity contribution in [3.63, 3.8) is 0 Å². The molecule has 2 amide bonds. The zero-order chi connectivity index (χ0) is 18.5. The first kappa shape index (κ1) is 18.3. The van der Waals surface area contributed by atoms with Crippen molar-refractivity contribution in [1.82, 2.24) is 10.6 Å². The summed E-state index contributed by atoms with van der Waals surface area (Å²) >= 11 is 0. The zero-order valence-corrected chi connectivity index (χ0v) is 15.2. The number of hydrogen-bond acceptors (Lipinski definition) is 4. The standard InChI is InChI=1S/C20H27N3O3/c1-2-16-17(19(24)26-12-13-6-4-3-5-7-13)18(23-20(25)22-16)14-8-10-15(21)11-9-14/h8-11,13,18H,2-7,12,21H2,1H3,(H2,22,23,25)/t18-/m0/s1. The molecule has 3 rings (SSSR count). The number of carbonyl (C=O) groups excluding carboxylic acids is 2. The van der Waals surface area contributed by atoms with Gasteiger partial charge in [0.1, 0.15) is 0 Å². The molecule has 0 aromatic heterocycles. The van der Waals surface area contributed by atoms with Crippen LogP contribution in [0.3, 0.4) is 0 Å². The summed E-state index contributed by atoms with van der Waals surface area (Å²) in [6, 6.07) is 6.34. The van der Waals surface area contributed by atoms with Gasteiger partial charge in [-0.1, -0.05) is 38.3 Å². The van der Waals surface area contributed by atoms with Gasteiger partial charge in [0.15, 0.2) is 0 Å². The Balaban J connectivity index is 1.81. The molecule has 1 aromatic carbocycles. The Kier molecular flexibility index (Phi) is 5.81. The number of carbonyl (C=O) groups is 2. The second-order valence-corrected chi connectivity index (χ2v) is 7.05. The number of amides is 2. The van der Waals surface area contributed by atoms with Crippen LogP contribution in [0.2, 0.25) is 0 Å². The molecule has 1 saturated carbocycles. The third-order valence-electron chi connectivity index (χ3n) is 5.17. The number of hydrogen-bond donors (Lipinski definition) is 3. The fraction of sp³-hybridized carbons (Fsp3) is 0.500. The molecule has 1 atom stereocenters. The maximum atomic E-state index is 12.9. The molecule has 2 aliphatic rings. The van der Waals surface area contributed by atoms with E-state index in [-0.39, 0.29) is 12.0 Å². The van der Waals surface area contributed by atoms with Crippen LogP contribution in [0.15, 0.2) is 35.5 Å². The Morgan fingerprint density at radius 2 is 1.88 bits per heavy atom. The number of benzene rings is 1. The zero-order valence-electron chi connectivity index (χ0n) is 15.2. The van der Waals surface area contributed by atoms with Crippen molar-refractivity contribution >= 4 is 17.7 Å². The molecular formula is C20H27N3O3. The lowest BCUT2D eigenvalue weighted by molar-refractivity contribution is -0.141. The number of nitrogens with two attached hydrogens (primary N) is 1. The quantitative estimate of drug-likeness (QED) is 0.556. The Bertz CT molecular complexity index is 691. The van der Waals surface area contributed by atoms with E-state index in [2.05, 4.69) is 10.6 Å². The summed E-state index contributed by atoms with van der Waals surface area (Å²) in [5.41, 5.74) is 8.30. The fourth-order valence-electron chi connectivity index (χ4n) is 3.70. The normalized spacial score (nSPS) is 21.1. The van der Waals surface area contributed by atoms with Crippen molar-refractivity contribution < 1.29 is 14.3 Å². The predicted molar refractivity (Wildman–Crippen MR) is 100 cm³/mol. The van der Waals surface area contributed by atoms with Gasteiger partial charge < -0.3 is 21.1 Å². The summed E-state index contributed by atoms with van der Waals surface area (Å²) in [4.78, 5) is 24.9. The molecule has 26 heavy (non-hydrogen) atoms. The highest BCUT2D eigenvalue weighted by Crippen LogP contribution is 2.30. The van der Waals surface area contributed by atoms with Crippen molar-refractivity contribution in [2.45, 2.75) is 51.5 Å². The van der Waals surface area contributed by atoms with Crippen LogP contribution in [0.1, 0.15) is 57.1 Å². The number of allylic oxidation sites excluding steroid dienone is 1. The summed E-state index contributed by atoms with van der Waals surface area (Å²) in [6.07, 6.45) is 6.46. The Hall–Kier alpha value is -2.50. The monoisotopic (exact) mass is 357 g/mol. The van der Waals surface area contributed by atoms with E-state index in [0.717, 1.165) is 18.4 Å². The first-order chi connectivity index (χ1) is 12.6. The smallest absolute Gasteiger partial charge is 0.338 e. The molecule has 140 valence electrons. The molecule has 0 saturated heterocycles. The molecule has 1 aliphatic carbocycles. The van der Waals surface area contributed by atoms with Crippen molar-refractivity contribution in [1.29, 1.82) is 0 Å². The van der Waals surface area contributed by atoms with E-state index >= 15 is 0 Å². The van der Waals surface area contributed by atoms with Crippen molar-refractivity contribution in [2.24, 2.45) is 5.92 Å². The Morgan fingerprint density at radius 3 is 2.54 bits per heavy atom. The van der Waals surface area contributed by atoms with Crippen LogP contribution in [0, 0.1) is 5.92 Å². The molecule has 0 unspecified atom stereocenters. The minimum absolute atomic E-state index is 0.312. The van der Waals surface area contributed by atoms with Gasteiger partial charge in [-0.05, 0) is 42.9 Å². The van der Waals surface area contributed by atoms with E-state index in [4.69, 9.17) is 10.5 Å². The van der Waals surface area contributed by atoms with Gasteiger partial charge in [-0.3, -0.25) is 0 Å². The van der Waals surface area contributed by atoms with Crippen LogP contribution >= 0.6 is 0 Å². The second kappa shape index (κ2) is 8.25. The van der Waals surface area contributed by atoms with Gasteiger partial charge in [0.25, 0.3) is 0 Å². The van der Waals surface area contributed by atoms with Gasteiger partial charge >= 0.3 is 12.0 Å². The average Bonchev–Trinajstić information content (AvgIpc) is 2.66. The number of nitrogen functional groups attached to an aromatic ring is 1. The van der Waals surface area contributed by atoms with Crippen LogP contribution in [0.25, 0.3) is 0 Å². The molecule has 1 fully saturated rings. The molecule has 4 N–H and O–H groups in total. The number of esters is 1. The lowest BCUT2D eigenvalue weighted by atomic mass is 9.90. The second-order valence-electron chi connectivity index (χ2n) is 7.05. The van der Waals surface area contributed by atoms with Gasteiger partial charge in [0.05, 0.1) is 18.2 Å². The van der Waals surface area contributed by atoms with E-state index in [9.17, 15) is 9.59 Å². The third kappa shape index (κ3) is 4.18. The van der Waals surface area contributed by atoms with Crippen LogP contribution in [-0.2, 0) is 9.53 Å². The molecule has 6 nitrogen and oxygen atoms in total. The number of urea groups is 1. The fourth-order valence-corrected chi connectivity index (χ4v) is 3.70. The van der Waals surface area contributed by atoms with Gasteiger partial charge in [-0.25, -0.2) is 9.59 Å². The highest BCUT2D eigenvalue weighted by atomic mass is 16.5. The predicted octanol–water partition coefficient (Wildman–Crippen LogP) is 3.41. The lowest BCUT2D eigenvalue weighted by Crippen LogP contribution is -2.46. The van der Waals surface area contributed by atoms with Gasteiger partial charge in [0.2, 0.25) is 0 Å². The molecule has 1 aliphatic heterocycles. The highest BCUT2D eigenvalue weighted by molar-refractivity contribution is 5.95. The van der Waals surface area contributed by atoms with Crippen LogP contribution in [0.4, 0.5) is 10.5 Å². The van der Waals surface area contributed by atoms with Crippen molar-refractivity contribution in [3.8, 4) is 0 Å². The number of rotatable bonds is 5. The lowest BCUT2D eigenvalue weighted by Gasteiger charge is -2.30. The summed E-state index contributed by atoms with van der Waals surface area (Å²) < 4.78 is 5.65. The largest absolute Gasteiger partial charge is 0.462 e. The molecule has 1 heterocycles. The first-order valence-electron chi connectivity index (χ1n) is 9.41. The summed E-state index contributed by atoms with van der Waals surface area (Å²) in [5.74, 6) is 0.0845. The number of anilines is 1. The van der Waals surface area contributed by atoms with E-state index in [1.54, 1.807) is 12.1 Å². The molecule has 0 radical (unpaired) electrons. The maximum absolute atomic E-state index is 12.9. The van der Waals surface area contributed by atoms with Crippen molar-refractivity contribution in [3.05, 3.63) is 41.1 Å². The summed E-state index contributed by atoms with van der Waals surface area (Å²) in [6.45, 7) is 2.36. The van der Waals surface area contributed by atoms with E-state index in [1.807, 2.05) is 19.1 Å². The molecule has 0 bridgehead atoms. The minimum atomic E-state index is -0.529. The topological polar surface area (TPSA) is 93.4 Å². The molecule has 0 spiro atoms. The molecule has 1 aromatic rings. The van der Waals surface area contributed by atoms with Crippen LogP contribution in [-0.4, -0.2) is 18.6 Å². The van der Waals surface area contributed by atoms with Crippen LogP contribution in [0.5, 0.6) is 0 Å². The molecule has 6 heteroatoms. The Morgan fingerprint density at radius 1 is 1.19 bits per heavy atom. The SMILES string of the molecule is CCC1=C(C(=O)OCC2CCCCC2)[C@H](c2ccc(N)cc2)NC(=O)N1. The average molecular weight is 357 g/mol. The van der Waals surface area contributed by atoms with E-state index in [1.165, 1.54) is 19.3 Å². The summed E-state index contributed by atoms with van der Waals surface area (Å²) in [5, 5.41) is 5.59. The maximum Gasteiger partial charge on any atom is 0.338 e. The minimum Gasteiger partial charge on any atom is -0.462 e. The molecular weight excluding hydrogens is 330 g/mol. The van der Waals surface area contributed by atoms with E-state index in [0.29, 0.717) is 35.9 Å². The number of nitrogens with one attached hydrogen (secondary N) is 2.